The molecule has 1 aliphatic heterocycles. The summed E-state index contributed by atoms with van der Waals surface area (Å²) in [5.41, 5.74) is 3.35. The molecule has 0 bridgehead atoms. The van der Waals surface area contributed by atoms with Crippen LogP contribution in [0.3, 0.4) is 0 Å². The first-order valence-corrected chi connectivity index (χ1v) is 15.1. The van der Waals surface area contributed by atoms with Crippen molar-refractivity contribution in [2.24, 2.45) is 0 Å². The van der Waals surface area contributed by atoms with E-state index in [9.17, 15) is 14.0 Å². The Balaban J connectivity index is 1.28. The van der Waals surface area contributed by atoms with Crippen molar-refractivity contribution in [1.82, 2.24) is 10.6 Å². The quantitative estimate of drug-likeness (QED) is 0.191. The van der Waals surface area contributed by atoms with Crippen molar-refractivity contribution < 1.29 is 28.2 Å². The number of hydrogen-bond donors (Lipinski definition) is 3. The maximum atomic E-state index is 14.0. The molecule has 1 heterocycles. The van der Waals surface area contributed by atoms with E-state index < -0.39 is 23.9 Å². The monoisotopic (exact) mass is 611 g/mol. The summed E-state index contributed by atoms with van der Waals surface area (Å²) in [6, 6.07) is 32.2. The maximum absolute atomic E-state index is 14.0. The molecule has 0 saturated carbocycles. The summed E-state index contributed by atoms with van der Waals surface area (Å²) in [5, 5.41) is 9.24. The van der Waals surface area contributed by atoms with E-state index in [0.29, 0.717) is 31.6 Å². The number of alkyl carbamates (subject to hydrolysis) is 1. The lowest BCUT2D eigenvalue weighted by Gasteiger charge is -2.31. The van der Waals surface area contributed by atoms with Crippen LogP contribution in [-0.2, 0) is 20.7 Å². The number of aryl methyl sites for hydroxylation is 1. The number of halogens is 1. The van der Waals surface area contributed by atoms with Crippen molar-refractivity contribution >= 4 is 17.7 Å². The fraction of sp³-hybridized carbons (Fsp3) is 0.278. The van der Waals surface area contributed by atoms with Crippen LogP contribution in [0.15, 0.2) is 109 Å². The predicted octanol–water partition coefficient (Wildman–Crippen LogP) is 5.69. The normalized spacial score (nSPS) is 16.9. The summed E-state index contributed by atoms with van der Waals surface area (Å²) in [7, 11) is 1.28. The van der Waals surface area contributed by atoms with Crippen LogP contribution >= 0.6 is 0 Å². The highest BCUT2D eigenvalue weighted by atomic mass is 19.1. The molecule has 3 N–H and O–H groups in total. The Labute approximate surface area is 262 Å². The second kappa shape index (κ2) is 15.8. The average Bonchev–Trinajstić information content (AvgIpc) is 3.08. The molecule has 2 amide bonds. The minimum Gasteiger partial charge on any atom is -0.488 e. The number of amides is 2. The molecule has 1 fully saturated rings. The van der Waals surface area contributed by atoms with Gasteiger partial charge in [0.2, 0.25) is 5.91 Å². The van der Waals surface area contributed by atoms with Crippen LogP contribution in [0.1, 0.15) is 29.0 Å². The van der Waals surface area contributed by atoms with Gasteiger partial charge >= 0.3 is 6.09 Å². The number of para-hydroxylation sites is 2. The SMILES string of the molecule is COC(=O)NC(C(=O)Nc1ccccc1CC[C@@H]1CNC[C@@H](COc2ccccc2F)O1)C(c1ccccc1)c1ccccc1. The zero-order valence-corrected chi connectivity index (χ0v) is 25.2. The minimum absolute atomic E-state index is 0.0917. The first-order valence-electron chi connectivity index (χ1n) is 15.1. The number of morpholine rings is 1. The molecule has 8 nitrogen and oxygen atoms in total. The van der Waals surface area contributed by atoms with E-state index in [0.717, 1.165) is 16.7 Å². The lowest BCUT2D eigenvalue weighted by molar-refractivity contribution is -0.118. The largest absolute Gasteiger partial charge is 0.488 e. The smallest absolute Gasteiger partial charge is 0.407 e. The molecular formula is C36H38FN3O5. The fourth-order valence-corrected chi connectivity index (χ4v) is 5.56. The molecule has 0 aliphatic carbocycles. The molecule has 4 aromatic carbocycles. The fourth-order valence-electron chi connectivity index (χ4n) is 5.56. The molecule has 234 valence electrons. The van der Waals surface area contributed by atoms with Gasteiger partial charge in [-0.15, -0.1) is 0 Å². The molecule has 3 atom stereocenters. The molecule has 9 heteroatoms. The Bertz CT molecular complexity index is 1500. The van der Waals surface area contributed by atoms with Gasteiger partial charge in [0.05, 0.1) is 13.2 Å². The van der Waals surface area contributed by atoms with Gasteiger partial charge in [0.1, 0.15) is 18.8 Å². The highest BCUT2D eigenvalue weighted by Crippen LogP contribution is 2.30. The van der Waals surface area contributed by atoms with Gasteiger partial charge in [0, 0.05) is 24.7 Å². The molecule has 5 rings (SSSR count). The number of hydrogen-bond acceptors (Lipinski definition) is 6. The first kappa shape index (κ1) is 31.7. The Morgan fingerprint density at radius 1 is 0.867 bits per heavy atom. The van der Waals surface area contributed by atoms with Gasteiger partial charge < -0.3 is 30.2 Å². The van der Waals surface area contributed by atoms with Crippen LogP contribution in [-0.4, -0.2) is 57.1 Å². The summed E-state index contributed by atoms with van der Waals surface area (Å²) in [6.07, 6.45) is 0.314. The number of anilines is 1. The van der Waals surface area contributed by atoms with Gasteiger partial charge in [-0.3, -0.25) is 4.79 Å². The van der Waals surface area contributed by atoms with Crippen LogP contribution in [0, 0.1) is 5.82 Å². The molecule has 0 radical (unpaired) electrons. The van der Waals surface area contributed by atoms with E-state index in [2.05, 4.69) is 16.0 Å². The third-order valence-corrected chi connectivity index (χ3v) is 7.79. The predicted molar refractivity (Wildman–Crippen MR) is 171 cm³/mol. The second-order valence-electron chi connectivity index (χ2n) is 10.9. The summed E-state index contributed by atoms with van der Waals surface area (Å²) in [4.78, 5) is 26.5. The van der Waals surface area contributed by atoms with Gasteiger partial charge in [-0.2, -0.15) is 0 Å². The molecule has 1 aliphatic rings. The molecule has 0 aromatic heterocycles. The zero-order valence-electron chi connectivity index (χ0n) is 25.2. The number of carbonyl (C=O) groups is 2. The summed E-state index contributed by atoms with van der Waals surface area (Å²) < 4.78 is 30.8. The first-order chi connectivity index (χ1) is 22.0. The van der Waals surface area contributed by atoms with Gasteiger partial charge in [-0.25, -0.2) is 9.18 Å². The third-order valence-electron chi connectivity index (χ3n) is 7.79. The molecule has 1 unspecified atom stereocenters. The van der Waals surface area contributed by atoms with Gasteiger partial charge in [0.15, 0.2) is 11.6 Å². The summed E-state index contributed by atoms with van der Waals surface area (Å²) >= 11 is 0. The van der Waals surface area contributed by atoms with Crippen LogP contribution < -0.4 is 20.7 Å². The Morgan fingerprint density at radius 3 is 2.18 bits per heavy atom. The number of ether oxygens (including phenoxy) is 3. The van der Waals surface area contributed by atoms with Gasteiger partial charge in [0.25, 0.3) is 0 Å². The second-order valence-corrected chi connectivity index (χ2v) is 10.9. The lowest BCUT2D eigenvalue weighted by Crippen LogP contribution is -2.48. The van der Waals surface area contributed by atoms with Crippen LogP contribution in [0.5, 0.6) is 5.75 Å². The van der Waals surface area contributed by atoms with Crippen molar-refractivity contribution in [3.63, 3.8) is 0 Å². The molecule has 1 saturated heterocycles. The van der Waals surface area contributed by atoms with Crippen molar-refractivity contribution in [2.75, 3.05) is 32.1 Å². The standard InChI is InChI=1S/C36H38FN3O5/c1-43-36(42)40-34(33(26-13-4-2-5-14-26)27-15-6-3-7-16-27)35(41)39-31-18-10-8-12-25(31)20-21-28-22-38-23-29(45-28)24-44-32-19-11-9-17-30(32)37/h2-19,28-29,33-34,38H,20-24H2,1H3,(H,39,41)(H,40,42)/t28-,29+,34?/m1/s1. The van der Waals surface area contributed by atoms with E-state index in [4.69, 9.17) is 14.2 Å². The van der Waals surface area contributed by atoms with E-state index >= 15 is 0 Å². The van der Waals surface area contributed by atoms with Gasteiger partial charge in [-0.1, -0.05) is 91.0 Å². The van der Waals surface area contributed by atoms with Crippen LogP contribution in [0.25, 0.3) is 0 Å². The van der Waals surface area contributed by atoms with Crippen molar-refractivity contribution in [2.45, 2.75) is 37.0 Å². The van der Waals surface area contributed by atoms with Gasteiger partial charge in [-0.05, 0) is 47.7 Å². The highest BCUT2D eigenvalue weighted by Gasteiger charge is 2.33. The topological polar surface area (TPSA) is 97.9 Å². The lowest BCUT2D eigenvalue weighted by atomic mass is 9.84. The zero-order chi connectivity index (χ0) is 31.4. The maximum Gasteiger partial charge on any atom is 0.407 e. The molecule has 0 spiro atoms. The summed E-state index contributed by atoms with van der Waals surface area (Å²) in [5.74, 6) is -1.04. The number of carbonyl (C=O) groups excluding carboxylic acids is 2. The Morgan fingerprint density at radius 2 is 1.49 bits per heavy atom. The number of rotatable bonds is 12. The average molecular weight is 612 g/mol. The van der Waals surface area contributed by atoms with Crippen LogP contribution in [0.4, 0.5) is 14.9 Å². The number of benzene rings is 4. The minimum atomic E-state index is -0.962. The third kappa shape index (κ3) is 8.68. The van der Waals surface area contributed by atoms with E-state index in [1.54, 1.807) is 18.2 Å². The molecular weight excluding hydrogens is 573 g/mol. The highest BCUT2D eigenvalue weighted by molar-refractivity contribution is 5.98. The van der Waals surface area contributed by atoms with Crippen LogP contribution in [0.2, 0.25) is 0 Å². The van der Waals surface area contributed by atoms with E-state index in [1.165, 1.54) is 13.2 Å². The van der Waals surface area contributed by atoms with E-state index in [1.807, 2.05) is 84.9 Å². The Hall–Kier alpha value is -4.73. The van der Waals surface area contributed by atoms with Crippen molar-refractivity contribution in [3.05, 3.63) is 132 Å². The Kier molecular flexibility index (Phi) is 11.1. The molecule has 45 heavy (non-hydrogen) atoms. The number of methoxy groups -OCH3 is 1. The molecule has 4 aromatic rings. The summed E-state index contributed by atoms with van der Waals surface area (Å²) in [6.45, 7) is 1.51. The van der Waals surface area contributed by atoms with Crippen molar-refractivity contribution in [3.8, 4) is 5.75 Å². The number of nitrogens with one attached hydrogen (secondary N) is 3. The van der Waals surface area contributed by atoms with Crippen molar-refractivity contribution in [1.29, 1.82) is 0 Å². The van der Waals surface area contributed by atoms with E-state index in [-0.39, 0.29) is 30.5 Å².